The van der Waals surface area contributed by atoms with Gasteiger partial charge in [-0.05, 0) is 36.4 Å². The Balaban J connectivity index is 1.77. The van der Waals surface area contributed by atoms with E-state index in [-0.39, 0.29) is 18.1 Å². The molecule has 0 fully saturated rings. The van der Waals surface area contributed by atoms with E-state index < -0.39 is 4.92 Å². The largest absolute Gasteiger partial charge is 0.427 e. The molecule has 2 rings (SSSR count). The van der Waals surface area contributed by atoms with Gasteiger partial charge < -0.3 is 4.74 Å². The first-order chi connectivity index (χ1) is 10.5. The van der Waals surface area contributed by atoms with Crippen molar-refractivity contribution in [2.24, 2.45) is 0 Å². The summed E-state index contributed by atoms with van der Waals surface area (Å²) in [7, 11) is 0. The minimum Gasteiger partial charge on any atom is -0.427 e. The Morgan fingerprint density at radius 1 is 1.14 bits per heavy atom. The van der Waals surface area contributed by atoms with Crippen LogP contribution in [0.2, 0.25) is 0 Å². The van der Waals surface area contributed by atoms with E-state index in [4.69, 9.17) is 4.74 Å². The maximum Gasteiger partial charge on any atom is 0.312 e. The van der Waals surface area contributed by atoms with E-state index in [9.17, 15) is 14.9 Å². The zero-order chi connectivity index (χ0) is 15.9. The van der Waals surface area contributed by atoms with E-state index in [0.717, 1.165) is 9.37 Å². The summed E-state index contributed by atoms with van der Waals surface area (Å²) < 4.78 is 6.11. The number of nitro benzene ring substituents is 1. The molecule has 0 unspecified atom stereocenters. The summed E-state index contributed by atoms with van der Waals surface area (Å²) in [5, 5.41) is 10.5. The van der Waals surface area contributed by atoms with Crippen LogP contribution in [-0.2, 0) is 4.79 Å². The highest BCUT2D eigenvalue weighted by Gasteiger charge is 2.07. The fraction of sp³-hybridized carbons (Fsp3) is 0.133. The number of rotatable bonds is 6. The molecule has 0 radical (unpaired) electrons. The van der Waals surface area contributed by atoms with Gasteiger partial charge in [0.25, 0.3) is 5.69 Å². The second-order valence-electron chi connectivity index (χ2n) is 4.28. The molecule has 0 amide bonds. The molecule has 7 heteroatoms. The number of carbonyl (C=O) groups is 1. The van der Waals surface area contributed by atoms with Crippen LogP contribution in [-0.4, -0.2) is 16.6 Å². The normalized spacial score (nSPS) is 10.2. The summed E-state index contributed by atoms with van der Waals surface area (Å²) in [6, 6.07) is 13.3. The summed E-state index contributed by atoms with van der Waals surface area (Å²) >= 11 is 4.76. The maximum atomic E-state index is 11.7. The number of hydrogen-bond acceptors (Lipinski definition) is 5. The Labute approximate surface area is 140 Å². The third kappa shape index (κ3) is 5.16. The van der Waals surface area contributed by atoms with Crippen molar-refractivity contribution in [3.8, 4) is 5.75 Å². The van der Waals surface area contributed by atoms with E-state index in [1.54, 1.807) is 36.4 Å². The predicted molar refractivity (Wildman–Crippen MR) is 88.2 cm³/mol. The molecule has 0 aliphatic rings. The highest BCUT2D eigenvalue weighted by Crippen LogP contribution is 2.22. The van der Waals surface area contributed by atoms with Crippen LogP contribution in [0.25, 0.3) is 0 Å². The molecule has 0 spiro atoms. The van der Waals surface area contributed by atoms with E-state index in [1.165, 1.54) is 23.9 Å². The lowest BCUT2D eigenvalue weighted by Gasteiger charge is -2.04. The number of non-ortho nitro benzene ring substituents is 1. The Morgan fingerprint density at radius 3 is 2.36 bits per heavy atom. The lowest BCUT2D eigenvalue weighted by atomic mass is 10.3. The number of esters is 1. The van der Waals surface area contributed by atoms with Gasteiger partial charge in [-0.1, -0.05) is 15.9 Å². The van der Waals surface area contributed by atoms with Gasteiger partial charge in [0.1, 0.15) is 5.75 Å². The summed E-state index contributed by atoms with van der Waals surface area (Å²) in [6.07, 6.45) is 0.262. The first-order valence-corrected chi connectivity index (χ1v) is 8.16. The van der Waals surface area contributed by atoms with Gasteiger partial charge in [0.15, 0.2) is 0 Å². The molecule has 0 bridgehead atoms. The van der Waals surface area contributed by atoms with Crippen LogP contribution in [0.15, 0.2) is 57.9 Å². The molecule has 0 saturated carbocycles. The van der Waals surface area contributed by atoms with Crippen LogP contribution in [0.5, 0.6) is 5.75 Å². The Bertz CT molecular complexity index is 658. The maximum absolute atomic E-state index is 11.7. The number of halogens is 1. The first kappa shape index (κ1) is 16.5. The fourth-order valence-corrected chi connectivity index (χ4v) is 2.70. The monoisotopic (exact) mass is 381 g/mol. The molecule has 0 saturated heterocycles. The highest BCUT2D eigenvalue weighted by atomic mass is 79.9. The van der Waals surface area contributed by atoms with Crippen molar-refractivity contribution in [3.05, 3.63) is 63.1 Å². The number of hydrogen-bond donors (Lipinski definition) is 0. The number of carbonyl (C=O) groups excluding carboxylic acids is 1. The zero-order valence-electron chi connectivity index (χ0n) is 11.4. The van der Waals surface area contributed by atoms with Crippen LogP contribution < -0.4 is 4.74 Å². The smallest absolute Gasteiger partial charge is 0.312 e. The highest BCUT2D eigenvalue weighted by molar-refractivity contribution is 9.10. The van der Waals surface area contributed by atoms with Gasteiger partial charge in [0.2, 0.25) is 0 Å². The van der Waals surface area contributed by atoms with Crippen molar-refractivity contribution >= 4 is 39.3 Å². The number of benzene rings is 2. The molecular formula is C15H12BrNO4S. The SMILES string of the molecule is O=C(CCSc1ccc([N+](=O)[O-])cc1)Oc1ccc(Br)cc1. The van der Waals surface area contributed by atoms with E-state index in [0.29, 0.717) is 11.5 Å². The average Bonchev–Trinajstić information content (AvgIpc) is 2.50. The van der Waals surface area contributed by atoms with Crippen LogP contribution in [0.1, 0.15) is 6.42 Å². The molecule has 5 nitrogen and oxygen atoms in total. The number of thioether (sulfide) groups is 1. The van der Waals surface area contributed by atoms with Crippen LogP contribution in [0.4, 0.5) is 5.69 Å². The lowest BCUT2D eigenvalue weighted by molar-refractivity contribution is -0.384. The summed E-state index contributed by atoms with van der Waals surface area (Å²) in [5.74, 6) is 0.748. The van der Waals surface area contributed by atoms with Gasteiger partial charge in [-0.2, -0.15) is 0 Å². The second kappa shape index (κ2) is 7.95. The molecular weight excluding hydrogens is 370 g/mol. The van der Waals surface area contributed by atoms with Crippen molar-refractivity contribution in [2.45, 2.75) is 11.3 Å². The van der Waals surface area contributed by atoms with E-state index >= 15 is 0 Å². The third-order valence-electron chi connectivity index (χ3n) is 2.67. The Morgan fingerprint density at radius 2 is 1.77 bits per heavy atom. The molecule has 0 N–H and O–H groups in total. The topological polar surface area (TPSA) is 69.4 Å². The van der Waals surface area contributed by atoms with Gasteiger partial charge in [-0.15, -0.1) is 11.8 Å². The van der Waals surface area contributed by atoms with Crippen molar-refractivity contribution in [2.75, 3.05) is 5.75 Å². The van der Waals surface area contributed by atoms with Gasteiger partial charge in [0, 0.05) is 27.3 Å². The van der Waals surface area contributed by atoms with Crippen molar-refractivity contribution < 1.29 is 14.5 Å². The molecule has 2 aromatic rings. The number of ether oxygens (including phenoxy) is 1. The van der Waals surface area contributed by atoms with Gasteiger partial charge in [-0.3, -0.25) is 14.9 Å². The zero-order valence-corrected chi connectivity index (χ0v) is 13.8. The van der Waals surface area contributed by atoms with Crippen LogP contribution in [0.3, 0.4) is 0 Å². The van der Waals surface area contributed by atoms with Gasteiger partial charge in [-0.25, -0.2) is 0 Å². The van der Waals surface area contributed by atoms with Gasteiger partial charge in [0.05, 0.1) is 11.3 Å². The molecule has 0 aromatic heterocycles. The standard InChI is InChI=1S/C15H12BrNO4S/c16-11-1-5-13(6-2-11)21-15(18)9-10-22-14-7-3-12(4-8-14)17(19)20/h1-8H,9-10H2. The second-order valence-corrected chi connectivity index (χ2v) is 6.36. The molecule has 22 heavy (non-hydrogen) atoms. The molecule has 0 aliphatic heterocycles. The molecule has 114 valence electrons. The number of nitro groups is 1. The minimum atomic E-state index is -0.440. The lowest BCUT2D eigenvalue weighted by Crippen LogP contribution is -2.08. The summed E-state index contributed by atoms with van der Waals surface area (Å²) in [6.45, 7) is 0. The Kier molecular flexibility index (Phi) is 5.97. The van der Waals surface area contributed by atoms with Crippen LogP contribution >= 0.6 is 27.7 Å². The number of nitrogens with zero attached hydrogens (tertiary/aromatic N) is 1. The summed E-state index contributed by atoms with van der Waals surface area (Å²) in [4.78, 5) is 22.7. The molecule has 0 heterocycles. The molecule has 0 aliphatic carbocycles. The molecule has 0 atom stereocenters. The van der Waals surface area contributed by atoms with Crippen molar-refractivity contribution in [1.82, 2.24) is 0 Å². The fourth-order valence-electron chi connectivity index (χ4n) is 1.60. The third-order valence-corrected chi connectivity index (χ3v) is 4.21. The summed E-state index contributed by atoms with van der Waals surface area (Å²) in [5.41, 5.74) is 0.0546. The average molecular weight is 382 g/mol. The van der Waals surface area contributed by atoms with Crippen LogP contribution in [0, 0.1) is 10.1 Å². The van der Waals surface area contributed by atoms with E-state index in [1.807, 2.05) is 0 Å². The van der Waals surface area contributed by atoms with Crippen molar-refractivity contribution in [1.29, 1.82) is 0 Å². The minimum absolute atomic E-state index is 0.0546. The predicted octanol–water partition coefficient (Wildman–Crippen LogP) is 4.45. The van der Waals surface area contributed by atoms with Crippen molar-refractivity contribution in [3.63, 3.8) is 0 Å². The quantitative estimate of drug-likeness (QED) is 0.243. The Hall–Kier alpha value is -1.86. The van der Waals surface area contributed by atoms with E-state index in [2.05, 4.69) is 15.9 Å². The molecule has 2 aromatic carbocycles. The van der Waals surface area contributed by atoms with Gasteiger partial charge >= 0.3 is 5.97 Å². The first-order valence-electron chi connectivity index (χ1n) is 6.38.